The largest absolute Gasteiger partial charge is 0.422 e. The molecular formula is C5H8F6. The fraction of sp³-hybridized carbons (Fsp3) is 1.00. The Morgan fingerprint density at radius 2 is 1.45 bits per heavy atom. The molecule has 0 aliphatic carbocycles. The predicted octanol–water partition coefficient (Wildman–Crippen LogP) is 2.83. The second-order valence-corrected chi connectivity index (χ2v) is 1.43. The normalized spacial score (nSPS) is 13.4. The van der Waals surface area contributed by atoms with Crippen molar-refractivity contribution in [2.24, 2.45) is 0 Å². The zero-order valence-corrected chi connectivity index (χ0v) is 5.76. The van der Waals surface area contributed by atoms with Crippen LogP contribution in [0, 0.1) is 0 Å². The molecule has 0 aliphatic heterocycles. The predicted molar refractivity (Wildman–Crippen MR) is 28.6 cm³/mol. The molecule has 1 atom stereocenters. The Morgan fingerprint density at radius 1 is 1.18 bits per heavy atom. The van der Waals surface area contributed by atoms with Gasteiger partial charge in [0.25, 0.3) is 0 Å². The fourth-order valence-corrected chi connectivity index (χ4v) is 0.0875. The molecule has 0 aromatic rings. The van der Waals surface area contributed by atoms with E-state index in [0.717, 1.165) is 0 Å². The van der Waals surface area contributed by atoms with E-state index in [1.165, 1.54) is 6.92 Å². The molecule has 0 nitrogen and oxygen atoms in total. The molecule has 70 valence electrons. The van der Waals surface area contributed by atoms with Crippen molar-refractivity contribution in [2.45, 2.75) is 19.3 Å². The van der Waals surface area contributed by atoms with Gasteiger partial charge in [0.15, 0.2) is 0 Å². The third-order valence-corrected chi connectivity index (χ3v) is 0.491. The van der Waals surface area contributed by atoms with Gasteiger partial charge in [0.1, 0.15) is 6.67 Å². The number of alkyl halides is 6. The molecular weight excluding hydrogens is 174 g/mol. The maximum absolute atomic E-state index is 11.1. The zero-order chi connectivity index (χ0) is 9.49. The van der Waals surface area contributed by atoms with Crippen molar-refractivity contribution in [3.05, 3.63) is 0 Å². The van der Waals surface area contributed by atoms with E-state index in [-0.39, 0.29) is 6.67 Å². The molecule has 0 fully saturated rings. The first-order valence-corrected chi connectivity index (χ1v) is 2.72. The highest BCUT2D eigenvalue weighted by Gasteiger charge is 2.39. The lowest BCUT2D eigenvalue weighted by Gasteiger charge is -2.06. The van der Waals surface area contributed by atoms with E-state index in [1.54, 1.807) is 0 Å². The van der Waals surface area contributed by atoms with Gasteiger partial charge < -0.3 is 0 Å². The molecule has 0 bridgehead atoms. The number of halogens is 6. The highest BCUT2D eigenvalue weighted by atomic mass is 19.4. The van der Waals surface area contributed by atoms with Crippen molar-refractivity contribution in [2.75, 3.05) is 13.3 Å². The molecule has 0 rings (SSSR count). The van der Waals surface area contributed by atoms with Crippen molar-refractivity contribution < 1.29 is 26.3 Å². The minimum atomic E-state index is -5.03. The molecule has 0 saturated heterocycles. The second-order valence-electron chi connectivity index (χ2n) is 1.43. The van der Waals surface area contributed by atoms with Crippen molar-refractivity contribution in [1.82, 2.24) is 0 Å². The summed E-state index contributed by atoms with van der Waals surface area (Å²) in [7, 11) is 0. The molecule has 0 heterocycles. The summed E-state index contributed by atoms with van der Waals surface area (Å²) in [5.74, 6) is 0. The molecule has 0 amide bonds. The molecule has 6 heteroatoms. The average Bonchev–Trinajstić information content (AvgIpc) is 1.86. The van der Waals surface area contributed by atoms with Crippen LogP contribution >= 0.6 is 0 Å². The maximum Gasteiger partial charge on any atom is 0.422 e. The molecule has 0 radical (unpaired) electrons. The molecule has 1 unspecified atom stereocenters. The van der Waals surface area contributed by atoms with Gasteiger partial charge in [0, 0.05) is 0 Å². The standard InChI is InChI=1S/C3H3F5.C2H5F/c4-1-2(5)3(6,7)8;1-2-3/h2H,1H2;2H2,1H3. The molecule has 0 saturated carbocycles. The summed E-state index contributed by atoms with van der Waals surface area (Å²) < 4.78 is 64.7. The van der Waals surface area contributed by atoms with Crippen LogP contribution in [0.4, 0.5) is 26.3 Å². The van der Waals surface area contributed by atoms with Gasteiger partial charge in [-0.1, -0.05) is 0 Å². The Morgan fingerprint density at radius 3 is 1.45 bits per heavy atom. The zero-order valence-electron chi connectivity index (χ0n) is 5.76. The Labute approximate surface area is 60.2 Å². The minimum absolute atomic E-state index is 0.250. The van der Waals surface area contributed by atoms with Crippen molar-refractivity contribution in [3.8, 4) is 0 Å². The fourth-order valence-electron chi connectivity index (χ4n) is 0.0875. The van der Waals surface area contributed by atoms with Gasteiger partial charge in [-0.15, -0.1) is 0 Å². The van der Waals surface area contributed by atoms with Crippen LogP contribution in [0.5, 0.6) is 0 Å². The van der Waals surface area contributed by atoms with Crippen molar-refractivity contribution in [3.63, 3.8) is 0 Å². The molecule has 0 aromatic heterocycles. The lowest BCUT2D eigenvalue weighted by atomic mass is 10.4. The molecule has 0 spiro atoms. The van der Waals surface area contributed by atoms with E-state index in [2.05, 4.69) is 0 Å². The first-order chi connectivity index (χ1) is 4.90. The Balaban J connectivity index is 0. The monoisotopic (exact) mass is 182 g/mol. The van der Waals surface area contributed by atoms with Gasteiger partial charge in [0.2, 0.25) is 6.17 Å². The lowest BCUT2D eigenvalue weighted by molar-refractivity contribution is -0.183. The third-order valence-electron chi connectivity index (χ3n) is 0.491. The molecule has 0 aliphatic rings. The van der Waals surface area contributed by atoms with Gasteiger partial charge in [-0.2, -0.15) is 13.2 Å². The van der Waals surface area contributed by atoms with Gasteiger partial charge in [-0.25, -0.2) is 8.78 Å². The van der Waals surface area contributed by atoms with Crippen LogP contribution in [0.2, 0.25) is 0 Å². The molecule has 0 N–H and O–H groups in total. The Bertz CT molecular complexity index is 77.5. The van der Waals surface area contributed by atoms with E-state index < -0.39 is 19.0 Å². The van der Waals surface area contributed by atoms with Crippen LogP contribution in [0.1, 0.15) is 6.92 Å². The summed E-state index contributed by atoms with van der Waals surface area (Å²) in [5.41, 5.74) is 0. The summed E-state index contributed by atoms with van der Waals surface area (Å²) in [5, 5.41) is 0. The first kappa shape index (κ1) is 13.2. The van der Waals surface area contributed by atoms with E-state index in [0.29, 0.717) is 0 Å². The van der Waals surface area contributed by atoms with Crippen LogP contribution in [-0.2, 0) is 0 Å². The molecule has 11 heavy (non-hydrogen) atoms. The maximum atomic E-state index is 11.1. The van der Waals surface area contributed by atoms with Crippen LogP contribution in [0.3, 0.4) is 0 Å². The average molecular weight is 182 g/mol. The first-order valence-electron chi connectivity index (χ1n) is 2.72. The quantitative estimate of drug-likeness (QED) is 0.547. The van der Waals surface area contributed by atoms with E-state index in [1.807, 2.05) is 0 Å². The smallest absolute Gasteiger partial charge is 0.251 e. The summed E-state index contributed by atoms with van der Waals surface area (Å²) in [6, 6.07) is 0. The minimum Gasteiger partial charge on any atom is -0.251 e. The summed E-state index contributed by atoms with van der Waals surface area (Å²) in [6.45, 7) is -0.788. The van der Waals surface area contributed by atoms with E-state index >= 15 is 0 Å². The van der Waals surface area contributed by atoms with Crippen LogP contribution in [-0.4, -0.2) is 25.7 Å². The highest BCUT2D eigenvalue weighted by molar-refractivity contribution is 4.62. The number of rotatable bonds is 1. The van der Waals surface area contributed by atoms with Gasteiger partial charge in [-0.05, 0) is 6.92 Å². The summed E-state index contributed by atoms with van der Waals surface area (Å²) >= 11 is 0. The second kappa shape index (κ2) is 6.30. The van der Waals surface area contributed by atoms with Crippen LogP contribution in [0.15, 0.2) is 0 Å². The lowest BCUT2D eigenvalue weighted by Crippen LogP contribution is -2.25. The third kappa shape index (κ3) is 9.58. The molecule has 0 aromatic carbocycles. The Kier molecular flexibility index (Phi) is 7.55. The summed E-state index contributed by atoms with van der Waals surface area (Å²) in [6.07, 6.45) is -8.35. The van der Waals surface area contributed by atoms with Crippen LogP contribution < -0.4 is 0 Å². The number of hydrogen-bond acceptors (Lipinski definition) is 0. The van der Waals surface area contributed by atoms with E-state index in [4.69, 9.17) is 0 Å². The van der Waals surface area contributed by atoms with E-state index in [9.17, 15) is 26.3 Å². The highest BCUT2D eigenvalue weighted by Crippen LogP contribution is 2.22. The van der Waals surface area contributed by atoms with Gasteiger partial charge in [-0.3, -0.25) is 4.39 Å². The SMILES string of the molecule is CCF.FCC(F)C(F)(F)F. The topological polar surface area (TPSA) is 0 Å². The van der Waals surface area contributed by atoms with Crippen molar-refractivity contribution in [1.29, 1.82) is 0 Å². The van der Waals surface area contributed by atoms with Crippen molar-refractivity contribution >= 4 is 0 Å². The van der Waals surface area contributed by atoms with Gasteiger partial charge in [0.05, 0.1) is 6.67 Å². The summed E-state index contributed by atoms with van der Waals surface area (Å²) in [4.78, 5) is 0. The van der Waals surface area contributed by atoms with Gasteiger partial charge >= 0.3 is 6.18 Å². The number of hydrogen-bond donors (Lipinski definition) is 0. The van der Waals surface area contributed by atoms with Crippen LogP contribution in [0.25, 0.3) is 0 Å². The Hall–Kier alpha value is -0.420.